The van der Waals surface area contributed by atoms with Crippen molar-refractivity contribution in [2.24, 2.45) is 11.8 Å². The molecule has 2 N–H and O–H groups in total. The van der Waals surface area contributed by atoms with Gasteiger partial charge in [0.2, 0.25) is 5.91 Å². The molecule has 108 valence electrons. The number of carbonyl (C=O) groups excluding carboxylic acids is 1. The molecule has 4 rings (SSSR count). The third-order valence-electron chi connectivity index (χ3n) is 4.28. The Balaban J connectivity index is 1.56. The normalized spacial score (nSPS) is 23.5. The van der Waals surface area contributed by atoms with Gasteiger partial charge in [-0.25, -0.2) is 4.98 Å². The van der Waals surface area contributed by atoms with Crippen molar-refractivity contribution in [2.45, 2.75) is 19.9 Å². The van der Waals surface area contributed by atoms with Gasteiger partial charge >= 0.3 is 0 Å². The number of anilines is 2. The van der Waals surface area contributed by atoms with Crippen molar-refractivity contribution in [3.05, 3.63) is 35.8 Å². The maximum absolute atomic E-state index is 12.1. The Morgan fingerprint density at radius 1 is 1.43 bits per heavy atom. The number of carbonyl (C=O) groups is 1. The highest BCUT2D eigenvalue weighted by molar-refractivity contribution is 5.99. The van der Waals surface area contributed by atoms with E-state index in [1.807, 2.05) is 18.0 Å². The number of aryl methyl sites for hydroxylation is 1. The zero-order chi connectivity index (χ0) is 14.6. The van der Waals surface area contributed by atoms with Gasteiger partial charge in [0, 0.05) is 24.9 Å². The molecule has 2 aliphatic rings. The van der Waals surface area contributed by atoms with Crippen molar-refractivity contribution in [3.8, 4) is 0 Å². The van der Waals surface area contributed by atoms with Crippen molar-refractivity contribution in [3.63, 3.8) is 0 Å². The molecule has 6 nitrogen and oxygen atoms in total. The smallest absolute Gasteiger partial charge is 0.231 e. The van der Waals surface area contributed by atoms with Crippen LogP contribution in [0.25, 0.3) is 0 Å². The average Bonchev–Trinajstić information content (AvgIpc) is 3.00. The quantitative estimate of drug-likeness (QED) is 0.918. The molecule has 2 fully saturated rings. The number of aromatic nitrogens is 3. The molecule has 0 spiro atoms. The van der Waals surface area contributed by atoms with Gasteiger partial charge in [-0.1, -0.05) is 0 Å². The lowest BCUT2D eigenvalue weighted by molar-refractivity contribution is -0.118. The molecule has 3 heterocycles. The van der Waals surface area contributed by atoms with Crippen molar-refractivity contribution in [1.82, 2.24) is 14.8 Å². The maximum atomic E-state index is 12.1. The predicted octanol–water partition coefficient (Wildman–Crippen LogP) is 1.20. The van der Waals surface area contributed by atoms with E-state index in [0.717, 1.165) is 29.9 Å². The van der Waals surface area contributed by atoms with Gasteiger partial charge in [0.1, 0.15) is 5.82 Å². The second-order valence-corrected chi connectivity index (χ2v) is 6.01. The van der Waals surface area contributed by atoms with Crippen LogP contribution in [0, 0.1) is 18.8 Å². The van der Waals surface area contributed by atoms with Crippen LogP contribution < -0.4 is 10.6 Å². The lowest BCUT2D eigenvalue weighted by atomic mass is 10.2. The summed E-state index contributed by atoms with van der Waals surface area (Å²) in [5.41, 5.74) is 8.39. The number of nitrogen functional groups attached to an aromatic ring is 1. The van der Waals surface area contributed by atoms with Crippen molar-refractivity contribution < 1.29 is 4.79 Å². The molecule has 1 aliphatic carbocycles. The maximum Gasteiger partial charge on any atom is 0.231 e. The first-order valence-corrected chi connectivity index (χ1v) is 7.16. The Bertz CT molecular complexity index is 723. The van der Waals surface area contributed by atoms with Crippen LogP contribution in [0.5, 0.6) is 0 Å². The topological polar surface area (TPSA) is 77.0 Å². The molecule has 0 radical (unpaired) electrons. The third kappa shape index (κ3) is 2.07. The monoisotopic (exact) mass is 283 g/mol. The second-order valence-electron chi connectivity index (χ2n) is 6.01. The molecular formula is C15H17N5O. The SMILES string of the molecule is Cc1cc(Cn2cc(N)cn2)cnc1N1C[C@H]2C[C@H]2C1=O. The lowest BCUT2D eigenvalue weighted by Crippen LogP contribution is -2.29. The highest BCUT2D eigenvalue weighted by Gasteiger charge is 2.53. The predicted molar refractivity (Wildman–Crippen MR) is 78.7 cm³/mol. The van der Waals surface area contributed by atoms with Gasteiger partial charge in [0.05, 0.1) is 18.4 Å². The number of nitrogens with two attached hydrogens (primary N) is 1. The number of hydrogen-bond acceptors (Lipinski definition) is 4. The molecule has 0 bridgehead atoms. The number of amides is 1. The van der Waals surface area contributed by atoms with Gasteiger partial charge in [-0.05, 0) is 36.5 Å². The third-order valence-corrected chi connectivity index (χ3v) is 4.28. The van der Waals surface area contributed by atoms with Crippen LogP contribution in [0.15, 0.2) is 24.7 Å². The van der Waals surface area contributed by atoms with Gasteiger partial charge in [0.25, 0.3) is 0 Å². The number of pyridine rings is 1. The molecule has 2 aromatic heterocycles. The average molecular weight is 283 g/mol. The van der Waals surface area contributed by atoms with E-state index >= 15 is 0 Å². The molecule has 1 saturated heterocycles. The standard InChI is InChI=1S/C15H17N5O/c1-9-2-10(6-19-8-12(16)5-18-19)4-17-14(9)20-7-11-3-13(11)15(20)21/h2,4-5,8,11,13H,3,6-7,16H2,1H3/t11-,13-/m1/s1. The fraction of sp³-hybridized carbons (Fsp3) is 0.400. The molecule has 21 heavy (non-hydrogen) atoms. The summed E-state index contributed by atoms with van der Waals surface area (Å²) >= 11 is 0. The fourth-order valence-corrected chi connectivity index (χ4v) is 3.12. The number of fused-ring (bicyclic) bond motifs is 1. The fourth-order valence-electron chi connectivity index (χ4n) is 3.12. The lowest BCUT2D eigenvalue weighted by Gasteiger charge is -2.19. The summed E-state index contributed by atoms with van der Waals surface area (Å²) in [6, 6.07) is 2.07. The Hall–Kier alpha value is -2.37. The van der Waals surface area contributed by atoms with Gasteiger partial charge < -0.3 is 5.73 Å². The molecule has 1 aliphatic heterocycles. The summed E-state index contributed by atoms with van der Waals surface area (Å²) in [6.07, 6.45) is 6.30. The van der Waals surface area contributed by atoms with E-state index in [1.54, 1.807) is 17.1 Å². The number of piperidine rings is 1. The summed E-state index contributed by atoms with van der Waals surface area (Å²) in [4.78, 5) is 18.5. The van der Waals surface area contributed by atoms with Crippen LogP contribution >= 0.6 is 0 Å². The van der Waals surface area contributed by atoms with Crippen LogP contribution in [0.4, 0.5) is 11.5 Å². The summed E-state index contributed by atoms with van der Waals surface area (Å²) in [7, 11) is 0. The van der Waals surface area contributed by atoms with Gasteiger partial charge in [0.15, 0.2) is 0 Å². The summed E-state index contributed by atoms with van der Waals surface area (Å²) < 4.78 is 1.78. The van der Waals surface area contributed by atoms with Crippen LogP contribution in [0.3, 0.4) is 0 Å². The highest BCUT2D eigenvalue weighted by Crippen LogP contribution is 2.47. The zero-order valence-corrected chi connectivity index (χ0v) is 11.9. The summed E-state index contributed by atoms with van der Waals surface area (Å²) in [5.74, 6) is 1.86. The largest absolute Gasteiger partial charge is 0.396 e. The van der Waals surface area contributed by atoms with Gasteiger partial charge in [-0.15, -0.1) is 0 Å². The second kappa shape index (κ2) is 4.31. The van der Waals surface area contributed by atoms with Crippen molar-refractivity contribution in [2.75, 3.05) is 17.2 Å². The minimum absolute atomic E-state index is 0.239. The highest BCUT2D eigenvalue weighted by atomic mass is 16.2. The van der Waals surface area contributed by atoms with E-state index in [0.29, 0.717) is 18.2 Å². The number of hydrogen-bond donors (Lipinski definition) is 1. The molecule has 2 aromatic rings. The van der Waals surface area contributed by atoms with Crippen LogP contribution in [0.1, 0.15) is 17.5 Å². The molecule has 1 amide bonds. The Morgan fingerprint density at radius 2 is 2.29 bits per heavy atom. The van der Waals surface area contributed by atoms with E-state index in [1.165, 1.54) is 0 Å². The Morgan fingerprint density at radius 3 is 2.90 bits per heavy atom. The molecule has 1 saturated carbocycles. The van der Waals surface area contributed by atoms with Gasteiger partial charge in [-0.2, -0.15) is 5.10 Å². The van der Waals surface area contributed by atoms with E-state index in [9.17, 15) is 4.79 Å². The molecule has 6 heteroatoms. The molecule has 2 atom stereocenters. The Labute approximate surface area is 122 Å². The number of nitrogens with zero attached hydrogens (tertiary/aromatic N) is 4. The van der Waals surface area contributed by atoms with Crippen LogP contribution in [-0.4, -0.2) is 27.2 Å². The first-order valence-electron chi connectivity index (χ1n) is 7.16. The first-order chi connectivity index (χ1) is 10.1. The summed E-state index contributed by atoms with van der Waals surface area (Å²) in [6.45, 7) is 3.46. The van der Waals surface area contributed by atoms with Crippen molar-refractivity contribution in [1.29, 1.82) is 0 Å². The van der Waals surface area contributed by atoms with E-state index in [2.05, 4.69) is 16.1 Å². The Kier molecular flexibility index (Phi) is 2.54. The van der Waals surface area contributed by atoms with E-state index < -0.39 is 0 Å². The van der Waals surface area contributed by atoms with E-state index in [4.69, 9.17) is 5.73 Å². The first kappa shape index (κ1) is 12.4. The minimum atomic E-state index is 0.239. The number of rotatable bonds is 3. The zero-order valence-electron chi connectivity index (χ0n) is 11.9. The van der Waals surface area contributed by atoms with Crippen molar-refractivity contribution >= 4 is 17.4 Å². The van der Waals surface area contributed by atoms with Gasteiger partial charge in [-0.3, -0.25) is 14.4 Å². The molecule has 0 unspecified atom stereocenters. The van der Waals surface area contributed by atoms with E-state index in [-0.39, 0.29) is 11.8 Å². The van der Waals surface area contributed by atoms with Crippen LogP contribution in [0.2, 0.25) is 0 Å². The van der Waals surface area contributed by atoms with Crippen LogP contribution in [-0.2, 0) is 11.3 Å². The molecule has 0 aromatic carbocycles. The minimum Gasteiger partial charge on any atom is -0.396 e. The molecular weight excluding hydrogens is 266 g/mol. The summed E-state index contributed by atoms with van der Waals surface area (Å²) in [5, 5.41) is 4.17.